The van der Waals surface area contributed by atoms with Gasteiger partial charge in [-0.1, -0.05) is 19.1 Å². The van der Waals surface area contributed by atoms with E-state index < -0.39 is 6.04 Å². The van der Waals surface area contributed by atoms with E-state index in [9.17, 15) is 14.7 Å². The molecule has 1 N–H and O–H groups in total. The van der Waals surface area contributed by atoms with Crippen LogP contribution in [0.15, 0.2) is 48.5 Å². The van der Waals surface area contributed by atoms with Crippen LogP contribution in [-0.2, 0) is 9.59 Å². The number of para-hydroxylation sites is 2. The Morgan fingerprint density at radius 3 is 2.37 bits per heavy atom. The molecule has 2 aromatic carbocycles. The average Bonchev–Trinajstić information content (AvgIpc) is 3.07. The van der Waals surface area contributed by atoms with Gasteiger partial charge in [0.25, 0.3) is 5.91 Å². The van der Waals surface area contributed by atoms with Crippen LogP contribution in [0.4, 0.5) is 11.4 Å². The molecule has 0 aliphatic carbocycles. The van der Waals surface area contributed by atoms with Gasteiger partial charge in [-0.25, -0.2) is 4.90 Å². The number of hydrogen-bond acceptors (Lipinski definition) is 6. The Morgan fingerprint density at radius 1 is 1.00 bits per heavy atom. The van der Waals surface area contributed by atoms with E-state index in [4.69, 9.17) is 4.74 Å². The first-order valence-corrected chi connectivity index (χ1v) is 10.4. The van der Waals surface area contributed by atoms with Gasteiger partial charge < -0.3 is 14.7 Å². The van der Waals surface area contributed by atoms with Crippen molar-refractivity contribution in [1.82, 2.24) is 4.90 Å². The topological polar surface area (TPSA) is 73.3 Å². The fraction of sp³-hybridized carbons (Fsp3) is 0.391. The summed E-state index contributed by atoms with van der Waals surface area (Å²) in [6.07, 6.45) is 1.12. The van der Waals surface area contributed by atoms with Gasteiger partial charge in [0.2, 0.25) is 5.91 Å². The summed E-state index contributed by atoms with van der Waals surface area (Å²) < 4.78 is 5.58. The Morgan fingerprint density at radius 2 is 1.70 bits per heavy atom. The highest BCUT2D eigenvalue weighted by atomic mass is 16.5. The maximum atomic E-state index is 13.1. The van der Waals surface area contributed by atoms with E-state index in [1.165, 1.54) is 4.90 Å². The predicted molar refractivity (Wildman–Crippen MR) is 115 cm³/mol. The minimum Gasteiger partial charge on any atom is -0.506 e. The number of hydrogen-bond donors (Lipinski definition) is 1. The zero-order chi connectivity index (χ0) is 21.1. The molecule has 0 unspecified atom stereocenters. The van der Waals surface area contributed by atoms with E-state index >= 15 is 0 Å². The lowest BCUT2D eigenvalue weighted by molar-refractivity contribution is -0.123. The van der Waals surface area contributed by atoms with E-state index in [0.717, 1.165) is 17.9 Å². The number of aromatic hydroxyl groups is 1. The maximum Gasteiger partial charge on any atom is 0.251 e. The van der Waals surface area contributed by atoms with Gasteiger partial charge in [-0.2, -0.15) is 0 Å². The van der Waals surface area contributed by atoms with E-state index in [1.54, 1.807) is 36.4 Å². The number of carbonyl (C=O) groups excluding carboxylic acids is 2. The first-order chi connectivity index (χ1) is 14.6. The lowest BCUT2D eigenvalue weighted by Gasteiger charge is -2.38. The van der Waals surface area contributed by atoms with Crippen molar-refractivity contribution < 1.29 is 19.4 Å². The van der Waals surface area contributed by atoms with Gasteiger partial charge in [0.1, 0.15) is 11.5 Å². The van der Waals surface area contributed by atoms with Crippen molar-refractivity contribution in [3.05, 3.63) is 48.5 Å². The summed E-state index contributed by atoms with van der Waals surface area (Å²) in [5, 5.41) is 10.1. The van der Waals surface area contributed by atoms with Crippen LogP contribution < -0.4 is 14.5 Å². The summed E-state index contributed by atoms with van der Waals surface area (Å²) in [5.41, 5.74) is 1.39. The zero-order valence-electron chi connectivity index (χ0n) is 17.2. The molecule has 7 heteroatoms. The molecule has 0 bridgehead atoms. The van der Waals surface area contributed by atoms with Crippen molar-refractivity contribution in [1.29, 1.82) is 0 Å². The summed E-state index contributed by atoms with van der Waals surface area (Å²) in [7, 11) is 0. The molecule has 0 radical (unpaired) electrons. The molecule has 1 atom stereocenters. The molecule has 2 aliphatic heterocycles. The molecule has 2 saturated heterocycles. The highest BCUT2D eigenvalue weighted by Gasteiger charge is 2.43. The summed E-state index contributed by atoms with van der Waals surface area (Å²) in [6.45, 7) is 5.39. The standard InChI is InChI=1S/C23H27N3O4/c1-2-15-30-18-9-7-17(8-10-18)26-22(28)16-20(23(26)29)25-13-11-24(12-14-25)19-5-3-4-6-21(19)27/h3-10,20,27H,2,11-16H2,1H3/t20-/m1/s1. The van der Waals surface area contributed by atoms with Crippen LogP contribution in [0.1, 0.15) is 19.8 Å². The minimum atomic E-state index is -0.431. The number of phenols is 1. The minimum absolute atomic E-state index is 0.168. The van der Waals surface area contributed by atoms with Crippen LogP contribution in [0.2, 0.25) is 0 Å². The maximum absolute atomic E-state index is 13.1. The monoisotopic (exact) mass is 409 g/mol. The Kier molecular flexibility index (Phi) is 5.90. The zero-order valence-corrected chi connectivity index (χ0v) is 17.2. The Labute approximate surface area is 176 Å². The van der Waals surface area contributed by atoms with Crippen LogP contribution in [0.5, 0.6) is 11.5 Å². The third-order valence-corrected chi connectivity index (χ3v) is 5.67. The quantitative estimate of drug-likeness (QED) is 0.740. The molecule has 0 saturated carbocycles. The van der Waals surface area contributed by atoms with Crippen molar-refractivity contribution in [3.63, 3.8) is 0 Å². The predicted octanol–water partition coefficient (Wildman–Crippen LogP) is 2.64. The number of amides is 2. The van der Waals surface area contributed by atoms with Gasteiger partial charge in [-0.3, -0.25) is 14.5 Å². The summed E-state index contributed by atoms with van der Waals surface area (Å²) in [5.74, 6) is 0.653. The van der Waals surface area contributed by atoms with E-state index in [0.29, 0.717) is 38.5 Å². The smallest absolute Gasteiger partial charge is 0.251 e. The van der Waals surface area contributed by atoms with Crippen molar-refractivity contribution in [2.75, 3.05) is 42.6 Å². The number of benzene rings is 2. The molecular weight excluding hydrogens is 382 g/mol. The van der Waals surface area contributed by atoms with Gasteiger partial charge in [-0.05, 0) is 42.8 Å². The number of nitrogens with zero attached hydrogens (tertiary/aromatic N) is 3. The molecule has 2 amide bonds. The normalized spacial score (nSPS) is 20.1. The first kappa shape index (κ1) is 20.2. The molecule has 158 valence electrons. The first-order valence-electron chi connectivity index (χ1n) is 10.4. The third-order valence-electron chi connectivity index (χ3n) is 5.67. The molecular formula is C23H27N3O4. The van der Waals surface area contributed by atoms with Gasteiger partial charge in [0, 0.05) is 26.2 Å². The van der Waals surface area contributed by atoms with Gasteiger partial charge in [0.05, 0.1) is 30.4 Å². The molecule has 2 heterocycles. The van der Waals surface area contributed by atoms with Crippen LogP contribution in [-0.4, -0.2) is 60.6 Å². The van der Waals surface area contributed by atoms with Crippen LogP contribution in [0, 0.1) is 0 Å². The second kappa shape index (κ2) is 8.75. The van der Waals surface area contributed by atoms with E-state index in [-0.39, 0.29) is 24.0 Å². The number of anilines is 2. The van der Waals surface area contributed by atoms with E-state index in [1.807, 2.05) is 19.1 Å². The summed E-state index contributed by atoms with van der Waals surface area (Å²) >= 11 is 0. The Balaban J connectivity index is 1.40. The van der Waals surface area contributed by atoms with Crippen molar-refractivity contribution in [2.24, 2.45) is 0 Å². The molecule has 4 rings (SSSR count). The number of imide groups is 1. The second-order valence-corrected chi connectivity index (χ2v) is 7.64. The highest BCUT2D eigenvalue weighted by molar-refractivity contribution is 6.22. The molecule has 2 aliphatic rings. The number of rotatable bonds is 6. The molecule has 2 aromatic rings. The Hall–Kier alpha value is -3.06. The van der Waals surface area contributed by atoms with Crippen LogP contribution in [0.25, 0.3) is 0 Å². The highest BCUT2D eigenvalue weighted by Crippen LogP contribution is 2.30. The fourth-order valence-corrected chi connectivity index (χ4v) is 4.09. The largest absolute Gasteiger partial charge is 0.506 e. The van der Waals surface area contributed by atoms with E-state index in [2.05, 4.69) is 9.80 Å². The number of carbonyl (C=O) groups is 2. The number of phenolic OH excluding ortho intramolecular Hbond substituents is 1. The average molecular weight is 409 g/mol. The van der Waals surface area contributed by atoms with Crippen LogP contribution in [0.3, 0.4) is 0 Å². The van der Waals surface area contributed by atoms with Crippen LogP contribution >= 0.6 is 0 Å². The van der Waals surface area contributed by atoms with Gasteiger partial charge in [0.15, 0.2) is 0 Å². The molecule has 7 nitrogen and oxygen atoms in total. The van der Waals surface area contributed by atoms with Crippen molar-refractivity contribution >= 4 is 23.2 Å². The number of piperazine rings is 1. The molecule has 0 aromatic heterocycles. The molecule has 2 fully saturated rings. The van der Waals surface area contributed by atoms with Crippen molar-refractivity contribution in [3.8, 4) is 11.5 Å². The van der Waals surface area contributed by atoms with Gasteiger partial charge in [-0.15, -0.1) is 0 Å². The lowest BCUT2D eigenvalue weighted by atomic mass is 10.1. The third kappa shape index (κ3) is 3.98. The van der Waals surface area contributed by atoms with Crippen molar-refractivity contribution in [2.45, 2.75) is 25.8 Å². The fourth-order valence-electron chi connectivity index (χ4n) is 4.09. The van der Waals surface area contributed by atoms with Gasteiger partial charge >= 0.3 is 0 Å². The second-order valence-electron chi connectivity index (χ2n) is 7.64. The summed E-state index contributed by atoms with van der Waals surface area (Å²) in [6, 6.07) is 14.0. The molecule has 0 spiro atoms. The lowest BCUT2D eigenvalue weighted by Crippen LogP contribution is -2.52. The molecule has 30 heavy (non-hydrogen) atoms. The number of ether oxygens (including phenoxy) is 1. The Bertz CT molecular complexity index is 907. The SMILES string of the molecule is CCCOc1ccc(N2C(=O)C[C@@H](N3CCN(c4ccccc4O)CC3)C2=O)cc1. The summed E-state index contributed by atoms with van der Waals surface area (Å²) in [4.78, 5) is 31.2.